The number of hydrogen-bond acceptors (Lipinski definition) is 1. The van der Waals surface area contributed by atoms with Gasteiger partial charge in [-0.3, -0.25) is 0 Å². The average Bonchev–Trinajstić information content (AvgIpc) is 2.23. The fraction of sp³-hybridized carbons (Fsp3) is 0.714. The topological polar surface area (TPSA) is 26.0 Å². The summed E-state index contributed by atoms with van der Waals surface area (Å²) in [6.45, 7) is 0. The lowest BCUT2D eigenvalue weighted by molar-refractivity contribution is 0.576. The Labute approximate surface area is 49.6 Å². The third-order valence-corrected chi connectivity index (χ3v) is 2.33. The molecule has 1 nitrogen and oxygen atoms in total. The molecule has 1 fully saturated rings. The van der Waals surface area contributed by atoms with E-state index < -0.39 is 0 Å². The molecule has 0 aromatic heterocycles. The summed E-state index contributed by atoms with van der Waals surface area (Å²) in [5, 5.41) is 0. The van der Waals surface area contributed by atoms with E-state index in [2.05, 4.69) is 12.2 Å². The Morgan fingerprint density at radius 3 is 2.38 bits per heavy atom. The van der Waals surface area contributed by atoms with Crippen LogP contribution in [0.5, 0.6) is 0 Å². The van der Waals surface area contributed by atoms with Crippen LogP contribution >= 0.6 is 0 Å². The molecule has 2 rings (SSSR count). The fourth-order valence-electron chi connectivity index (χ4n) is 1.82. The van der Waals surface area contributed by atoms with Crippen molar-refractivity contribution in [1.82, 2.24) is 0 Å². The van der Waals surface area contributed by atoms with Crippen molar-refractivity contribution in [2.75, 3.05) is 0 Å². The van der Waals surface area contributed by atoms with Crippen molar-refractivity contribution in [3.8, 4) is 0 Å². The zero-order valence-corrected chi connectivity index (χ0v) is 4.88. The van der Waals surface area contributed by atoms with Gasteiger partial charge >= 0.3 is 0 Å². The number of nitrogens with two attached hydrogens (primary N) is 1. The molecule has 0 amide bonds. The van der Waals surface area contributed by atoms with E-state index in [0.717, 1.165) is 11.8 Å². The second-order valence-corrected chi connectivity index (χ2v) is 2.94. The lowest BCUT2D eigenvalue weighted by Gasteiger charge is -2.10. The Bertz CT molecular complexity index is 128. The van der Waals surface area contributed by atoms with Gasteiger partial charge in [0.2, 0.25) is 0 Å². The third kappa shape index (κ3) is 0.451. The smallest absolute Gasteiger partial charge is 0.0108 e. The van der Waals surface area contributed by atoms with E-state index in [1.54, 1.807) is 0 Å². The van der Waals surface area contributed by atoms with Crippen LogP contribution < -0.4 is 5.73 Å². The van der Waals surface area contributed by atoms with Crippen molar-refractivity contribution in [2.24, 2.45) is 17.6 Å². The Morgan fingerprint density at radius 2 is 2.12 bits per heavy atom. The maximum absolute atomic E-state index is 5.77. The van der Waals surface area contributed by atoms with Gasteiger partial charge in [0.25, 0.3) is 0 Å². The monoisotopic (exact) mass is 109 g/mol. The van der Waals surface area contributed by atoms with Gasteiger partial charge in [-0.1, -0.05) is 12.2 Å². The van der Waals surface area contributed by atoms with Gasteiger partial charge in [0.15, 0.2) is 0 Å². The van der Waals surface area contributed by atoms with Gasteiger partial charge in [0.05, 0.1) is 0 Å². The predicted molar refractivity (Wildman–Crippen MR) is 33.3 cm³/mol. The van der Waals surface area contributed by atoms with Crippen LogP contribution in [-0.2, 0) is 0 Å². The minimum Gasteiger partial charge on any atom is -0.327 e. The van der Waals surface area contributed by atoms with Gasteiger partial charge in [-0.05, 0) is 24.7 Å². The molecule has 0 spiro atoms. The van der Waals surface area contributed by atoms with E-state index in [1.807, 2.05) is 0 Å². The lowest BCUT2D eigenvalue weighted by atomic mass is 10.0. The predicted octanol–water partition coefficient (Wildman–Crippen LogP) is 0.910. The molecule has 2 N–H and O–H groups in total. The highest BCUT2D eigenvalue weighted by atomic mass is 14.7. The number of fused-ring (bicyclic) bond motifs is 2. The molecular weight excluding hydrogens is 98.1 g/mol. The molecule has 2 bridgehead atoms. The van der Waals surface area contributed by atoms with E-state index in [9.17, 15) is 0 Å². The summed E-state index contributed by atoms with van der Waals surface area (Å²) in [4.78, 5) is 0. The fourth-order valence-corrected chi connectivity index (χ4v) is 1.82. The van der Waals surface area contributed by atoms with Gasteiger partial charge in [-0.15, -0.1) is 0 Å². The Hall–Kier alpha value is -0.300. The standard InChI is InChI=1S/C7H11N/c8-7-4-5-1-2-6(7)3-5/h1-2,5-7H,3-4,8H2/t5-,6+,7?/m1/s1. The molecule has 2 aliphatic rings. The van der Waals surface area contributed by atoms with Crippen molar-refractivity contribution >= 4 is 0 Å². The summed E-state index contributed by atoms with van der Waals surface area (Å²) in [5.41, 5.74) is 5.77. The summed E-state index contributed by atoms with van der Waals surface area (Å²) in [7, 11) is 0. The van der Waals surface area contributed by atoms with Crippen molar-refractivity contribution < 1.29 is 0 Å². The zero-order valence-electron chi connectivity index (χ0n) is 4.88. The quantitative estimate of drug-likeness (QED) is 0.460. The molecule has 1 saturated carbocycles. The Morgan fingerprint density at radius 1 is 1.25 bits per heavy atom. The molecular formula is C7H11N. The van der Waals surface area contributed by atoms with Crippen LogP contribution in [0.2, 0.25) is 0 Å². The van der Waals surface area contributed by atoms with E-state index >= 15 is 0 Å². The van der Waals surface area contributed by atoms with Gasteiger partial charge in [-0.2, -0.15) is 0 Å². The van der Waals surface area contributed by atoms with Crippen LogP contribution in [0.3, 0.4) is 0 Å². The number of allylic oxidation sites excluding steroid dienone is 1. The molecule has 0 aromatic rings. The highest BCUT2D eigenvalue weighted by Crippen LogP contribution is 2.37. The first-order valence-corrected chi connectivity index (χ1v) is 3.30. The minimum atomic E-state index is 0.491. The normalized spacial score (nSPS) is 50.9. The van der Waals surface area contributed by atoms with Crippen LogP contribution in [-0.4, -0.2) is 6.04 Å². The van der Waals surface area contributed by atoms with Crippen LogP contribution in [0.25, 0.3) is 0 Å². The lowest BCUT2D eigenvalue weighted by Crippen LogP contribution is -2.23. The molecule has 0 heterocycles. The van der Waals surface area contributed by atoms with Gasteiger partial charge in [0.1, 0.15) is 0 Å². The third-order valence-electron chi connectivity index (χ3n) is 2.33. The summed E-state index contributed by atoms with van der Waals surface area (Å²) in [6, 6.07) is 0.491. The first-order chi connectivity index (χ1) is 3.86. The van der Waals surface area contributed by atoms with E-state index in [1.165, 1.54) is 12.8 Å². The summed E-state index contributed by atoms with van der Waals surface area (Å²) in [5.74, 6) is 1.58. The second kappa shape index (κ2) is 1.35. The van der Waals surface area contributed by atoms with E-state index in [0.29, 0.717) is 6.04 Å². The number of rotatable bonds is 0. The molecule has 2 aliphatic carbocycles. The molecule has 0 radical (unpaired) electrons. The minimum absolute atomic E-state index is 0.491. The molecule has 0 saturated heterocycles. The molecule has 44 valence electrons. The van der Waals surface area contributed by atoms with E-state index in [4.69, 9.17) is 5.73 Å². The summed E-state index contributed by atoms with van der Waals surface area (Å²) < 4.78 is 0. The first kappa shape index (κ1) is 4.57. The SMILES string of the molecule is NC1C[C@@H]2C=C[C@H]1C2. The van der Waals surface area contributed by atoms with Gasteiger partial charge < -0.3 is 5.73 Å². The Kier molecular flexibility index (Phi) is 0.770. The van der Waals surface area contributed by atoms with Crippen molar-refractivity contribution in [2.45, 2.75) is 18.9 Å². The van der Waals surface area contributed by atoms with Crippen LogP contribution in [0, 0.1) is 11.8 Å². The van der Waals surface area contributed by atoms with Crippen molar-refractivity contribution in [1.29, 1.82) is 0 Å². The summed E-state index contributed by atoms with van der Waals surface area (Å²) >= 11 is 0. The zero-order chi connectivity index (χ0) is 5.56. The molecule has 0 aromatic carbocycles. The largest absolute Gasteiger partial charge is 0.327 e. The molecule has 1 unspecified atom stereocenters. The molecule has 8 heavy (non-hydrogen) atoms. The maximum atomic E-state index is 5.77. The maximum Gasteiger partial charge on any atom is 0.0108 e. The van der Waals surface area contributed by atoms with Crippen LogP contribution in [0.1, 0.15) is 12.8 Å². The van der Waals surface area contributed by atoms with E-state index in [-0.39, 0.29) is 0 Å². The first-order valence-electron chi connectivity index (χ1n) is 3.30. The molecule has 1 heteroatoms. The summed E-state index contributed by atoms with van der Waals surface area (Å²) in [6.07, 6.45) is 7.16. The van der Waals surface area contributed by atoms with Gasteiger partial charge in [-0.25, -0.2) is 0 Å². The molecule has 3 atom stereocenters. The van der Waals surface area contributed by atoms with Gasteiger partial charge in [0, 0.05) is 6.04 Å². The highest BCUT2D eigenvalue weighted by molar-refractivity contribution is 5.11. The highest BCUT2D eigenvalue weighted by Gasteiger charge is 2.32. The van der Waals surface area contributed by atoms with Crippen molar-refractivity contribution in [3.05, 3.63) is 12.2 Å². The van der Waals surface area contributed by atoms with Crippen LogP contribution in [0.15, 0.2) is 12.2 Å². The molecule has 0 aliphatic heterocycles. The van der Waals surface area contributed by atoms with Crippen molar-refractivity contribution in [3.63, 3.8) is 0 Å². The van der Waals surface area contributed by atoms with Crippen LogP contribution in [0.4, 0.5) is 0 Å². The average molecular weight is 109 g/mol. The second-order valence-electron chi connectivity index (χ2n) is 2.94. The number of hydrogen-bond donors (Lipinski definition) is 1. The Balaban J connectivity index is 2.23.